The van der Waals surface area contributed by atoms with Gasteiger partial charge < -0.3 is 9.64 Å². The number of ether oxygens (including phenoxy) is 1. The van der Waals surface area contributed by atoms with Crippen molar-refractivity contribution in [3.05, 3.63) is 11.9 Å². The highest BCUT2D eigenvalue weighted by molar-refractivity contribution is 5.92. The van der Waals surface area contributed by atoms with E-state index in [1.807, 2.05) is 11.8 Å². The first kappa shape index (κ1) is 12.0. The number of carbonyl (C=O) groups excluding carboxylic acids is 1. The second kappa shape index (κ2) is 4.44. The van der Waals surface area contributed by atoms with E-state index in [0.29, 0.717) is 12.2 Å². The highest BCUT2D eigenvalue weighted by Gasteiger charge is 2.34. The molecule has 94 valence electrons. The van der Waals surface area contributed by atoms with Gasteiger partial charge in [0.25, 0.3) is 5.91 Å². The summed E-state index contributed by atoms with van der Waals surface area (Å²) in [6.07, 6.45) is 3.44. The molecule has 1 fully saturated rings. The van der Waals surface area contributed by atoms with Gasteiger partial charge in [0.1, 0.15) is 5.69 Å². The molecule has 1 aromatic rings. The molecule has 1 aliphatic rings. The van der Waals surface area contributed by atoms with Gasteiger partial charge in [0.15, 0.2) is 0 Å². The van der Waals surface area contributed by atoms with E-state index in [0.717, 1.165) is 19.4 Å². The van der Waals surface area contributed by atoms with E-state index >= 15 is 0 Å². The molecule has 0 N–H and O–H groups in total. The SMILES string of the molecule is COC1(C)CCCN(C(=O)c2cnnn2C)C1. The lowest BCUT2D eigenvalue weighted by Gasteiger charge is -2.39. The van der Waals surface area contributed by atoms with Crippen LogP contribution in [0, 0.1) is 0 Å². The first-order valence-corrected chi connectivity index (χ1v) is 5.75. The fourth-order valence-electron chi connectivity index (χ4n) is 2.19. The topological polar surface area (TPSA) is 60.2 Å². The number of rotatable bonds is 2. The van der Waals surface area contributed by atoms with Crippen molar-refractivity contribution < 1.29 is 9.53 Å². The number of hydrogen-bond acceptors (Lipinski definition) is 4. The Morgan fingerprint density at radius 2 is 2.35 bits per heavy atom. The highest BCUT2D eigenvalue weighted by atomic mass is 16.5. The van der Waals surface area contributed by atoms with E-state index in [1.54, 1.807) is 14.2 Å². The molecule has 0 spiro atoms. The fraction of sp³-hybridized carbons (Fsp3) is 0.727. The van der Waals surface area contributed by atoms with Crippen LogP contribution in [-0.4, -0.2) is 51.6 Å². The van der Waals surface area contributed by atoms with Crippen molar-refractivity contribution in [3.8, 4) is 0 Å². The van der Waals surface area contributed by atoms with Crippen LogP contribution in [0.25, 0.3) is 0 Å². The third kappa shape index (κ3) is 2.31. The minimum atomic E-state index is -0.236. The molecule has 1 unspecified atom stereocenters. The molecule has 0 bridgehead atoms. The number of carbonyl (C=O) groups is 1. The van der Waals surface area contributed by atoms with Crippen LogP contribution in [0.3, 0.4) is 0 Å². The van der Waals surface area contributed by atoms with Gasteiger partial charge in [0, 0.05) is 27.2 Å². The minimum Gasteiger partial charge on any atom is -0.377 e. The van der Waals surface area contributed by atoms with Crippen molar-refractivity contribution in [1.29, 1.82) is 0 Å². The fourth-order valence-corrected chi connectivity index (χ4v) is 2.19. The maximum absolute atomic E-state index is 12.3. The predicted octanol–water partition coefficient (Wildman–Crippen LogP) is 0.456. The molecule has 17 heavy (non-hydrogen) atoms. The van der Waals surface area contributed by atoms with Gasteiger partial charge in [-0.25, -0.2) is 4.68 Å². The molecule has 2 heterocycles. The molecule has 1 aliphatic heterocycles. The van der Waals surface area contributed by atoms with Crippen LogP contribution in [0.5, 0.6) is 0 Å². The van der Waals surface area contributed by atoms with Crippen LogP contribution in [-0.2, 0) is 11.8 Å². The molecular formula is C11H18N4O2. The maximum Gasteiger partial charge on any atom is 0.273 e. The van der Waals surface area contributed by atoms with Gasteiger partial charge in [-0.05, 0) is 19.8 Å². The number of amides is 1. The van der Waals surface area contributed by atoms with E-state index in [-0.39, 0.29) is 11.5 Å². The number of piperidine rings is 1. The lowest BCUT2D eigenvalue weighted by molar-refractivity contribution is -0.0442. The van der Waals surface area contributed by atoms with Gasteiger partial charge in [-0.2, -0.15) is 0 Å². The van der Waals surface area contributed by atoms with Gasteiger partial charge in [0.05, 0.1) is 11.8 Å². The summed E-state index contributed by atoms with van der Waals surface area (Å²) in [5.74, 6) is -0.0273. The molecule has 2 rings (SSSR count). The Labute approximate surface area is 101 Å². The standard InChI is InChI=1S/C11H18N4O2/c1-11(17-3)5-4-6-15(8-11)10(16)9-7-12-13-14(9)2/h7H,4-6,8H2,1-3H3. The average molecular weight is 238 g/mol. The summed E-state index contributed by atoms with van der Waals surface area (Å²) in [5.41, 5.74) is 0.283. The summed E-state index contributed by atoms with van der Waals surface area (Å²) >= 11 is 0. The van der Waals surface area contributed by atoms with E-state index in [1.165, 1.54) is 10.9 Å². The maximum atomic E-state index is 12.3. The summed E-state index contributed by atoms with van der Waals surface area (Å²) in [6, 6.07) is 0. The summed E-state index contributed by atoms with van der Waals surface area (Å²) in [4.78, 5) is 14.1. The monoisotopic (exact) mass is 238 g/mol. The zero-order valence-corrected chi connectivity index (χ0v) is 10.5. The number of likely N-dealkylation sites (tertiary alicyclic amines) is 1. The summed E-state index contributed by atoms with van der Waals surface area (Å²) in [6.45, 7) is 3.42. The molecule has 0 aromatic carbocycles. The second-order valence-electron chi connectivity index (χ2n) is 4.73. The van der Waals surface area contributed by atoms with Crippen LogP contribution < -0.4 is 0 Å². The van der Waals surface area contributed by atoms with Crippen LogP contribution in [0.4, 0.5) is 0 Å². The van der Waals surface area contributed by atoms with Crippen molar-refractivity contribution in [2.75, 3.05) is 20.2 Å². The summed E-state index contributed by atoms with van der Waals surface area (Å²) < 4.78 is 6.98. The lowest BCUT2D eigenvalue weighted by atomic mass is 9.94. The zero-order chi connectivity index (χ0) is 12.5. The Bertz CT molecular complexity index is 417. The Morgan fingerprint density at radius 3 is 2.94 bits per heavy atom. The molecule has 6 heteroatoms. The Kier molecular flexibility index (Phi) is 3.15. The number of aryl methyl sites for hydroxylation is 1. The molecule has 1 aromatic heterocycles. The molecule has 0 radical (unpaired) electrons. The molecule has 0 aliphatic carbocycles. The van der Waals surface area contributed by atoms with Crippen molar-refractivity contribution in [2.24, 2.45) is 7.05 Å². The van der Waals surface area contributed by atoms with Gasteiger partial charge in [-0.1, -0.05) is 5.21 Å². The quantitative estimate of drug-likeness (QED) is 0.751. The van der Waals surface area contributed by atoms with Crippen molar-refractivity contribution in [3.63, 3.8) is 0 Å². The van der Waals surface area contributed by atoms with E-state index in [9.17, 15) is 4.79 Å². The van der Waals surface area contributed by atoms with Crippen molar-refractivity contribution in [1.82, 2.24) is 19.9 Å². The van der Waals surface area contributed by atoms with Crippen molar-refractivity contribution in [2.45, 2.75) is 25.4 Å². The smallest absolute Gasteiger partial charge is 0.273 e. The molecule has 1 saturated heterocycles. The minimum absolute atomic E-state index is 0.0273. The number of hydrogen-bond donors (Lipinski definition) is 0. The largest absolute Gasteiger partial charge is 0.377 e. The Balaban J connectivity index is 2.13. The molecular weight excluding hydrogens is 220 g/mol. The zero-order valence-electron chi connectivity index (χ0n) is 10.5. The highest BCUT2D eigenvalue weighted by Crippen LogP contribution is 2.24. The van der Waals surface area contributed by atoms with E-state index in [4.69, 9.17) is 4.74 Å². The molecule has 1 amide bonds. The number of aromatic nitrogens is 3. The van der Waals surface area contributed by atoms with Gasteiger partial charge in [-0.3, -0.25) is 4.79 Å². The Morgan fingerprint density at radius 1 is 1.59 bits per heavy atom. The summed E-state index contributed by atoms with van der Waals surface area (Å²) in [5, 5.41) is 7.51. The van der Waals surface area contributed by atoms with Gasteiger partial charge >= 0.3 is 0 Å². The van der Waals surface area contributed by atoms with E-state index < -0.39 is 0 Å². The number of nitrogens with zero attached hydrogens (tertiary/aromatic N) is 4. The molecule has 1 atom stereocenters. The average Bonchev–Trinajstić information content (AvgIpc) is 2.75. The third-order valence-corrected chi connectivity index (χ3v) is 3.37. The first-order valence-electron chi connectivity index (χ1n) is 5.75. The number of methoxy groups -OCH3 is 1. The van der Waals surface area contributed by atoms with E-state index in [2.05, 4.69) is 10.3 Å². The van der Waals surface area contributed by atoms with Gasteiger partial charge in [-0.15, -0.1) is 5.10 Å². The van der Waals surface area contributed by atoms with Crippen molar-refractivity contribution >= 4 is 5.91 Å². The third-order valence-electron chi connectivity index (χ3n) is 3.37. The lowest BCUT2D eigenvalue weighted by Crippen LogP contribution is -2.49. The second-order valence-corrected chi connectivity index (χ2v) is 4.73. The van der Waals surface area contributed by atoms with Crippen LogP contribution in [0.15, 0.2) is 6.20 Å². The Hall–Kier alpha value is -1.43. The van der Waals surface area contributed by atoms with Gasteiger partial charge in [0.2, 0.25) is 0 Å². The van der Waals surface area contributed by atoms with Crippen LogP contribution in [0.2, 0.25) is 0 Å². The first-order chi connectivity index (χ1) is 8.06. The van der Waals surface area contributed by atoms with Crippen LogP contribution in [0.1, 0.15) is 30.3 Å². The normalized spacial score (nSPS) is 25.0. The molecule has 0 saturated carbocycles. The van der Waals surface area contributed by atoms with Crippen LogP contribution >= 0.6 is 0 Å². The predicted molar refractivity (Wildman–Crippen MR) is 61.6 cm³/mol. The molecule has 6 nitrogen and oxygen atoms in total. The summed E-state index contributed by atoms with van der Waals surface area (Å²) in [7, 11) is 3.42.